The number of hydrogen-bond acceptors (Lipinski definition) is 3. The van der Waals surface area contributed by atoms with Gasteiger partial charge in [0.1, 0.15) is 5.75 Å². The number of ether oxygens (including phenoxy) is 1. The van der Waals surface area contributed by atoms with E-state index in [1.165, 1.54) is 12.1 Å². The van der Waals surface area contributed by atoms with Gasteiger partial charge in [-0.1, -0.05) is 24.3 Å². The summed E-state index contributed by atoms with van der Waals surface area (Å²) in [4.78, 5) is 0.226. The normalized spacial score (nSPS) is 12.9. The summed E-state index contributed by atoms with van der Waals surface area (Å²) in [5.41, 5.74) is 2.03. The summed E-state index contributed by atoms with van der Waals surface area (Å²) < 4.78 is 32.5. The fourth-order valence-electron chi connectivity index (χ4n) is 2.19. The van der Waals surface area contributed by atoms with Crippen LogP contribution < -0.4 is 9.46 Å². The van der Waals surface area contributed by atoms with Crippen LogP contribution in [0.5, 0.6) is 5.75 Å². The van der Waals surface area contributed by atoms with Gasteiger partial charge in [0.05, 0.1) is 12.0 Å². The quantitative estimate of drug-likeness (QED) is 0.923. The SMILES string of the molecule is COc1ccc(S(=O)(=O)NC(C)c2ccccc2C)cc1. The number of hydrogen-bond donors (Lipinski definition) is 1. The zero-order chi connectivity index (χ0) is 15.5. The van der Waals surface area contributed by atoms with E-state index in [4.69, 9.17) is 4.74 Å². The number of nitrogens with one attached hydrogen (secondary N) is 1. The minimum absolute atomic E-state index is 0.226. The topological polar surface area (TPSA) is 55.4 Å². The van der Waals surface area contributed by atoms with Crippen LogP contribution in [0.1, 0.15) is 24.1 Å². The fraction of sp³-hybridized carbons (Fsp3) is 0.250. The van der Waals surface area contributed by atoms with E-state index in [1.54, 1.807) is 19.2 Å². The Hall–Kier alpha value is -1.85. The van der Waals surface area contributed by atoms with Gasteiger partial charge in [-0.2, -0.15) is 0 Å². The standard InChI is InChI=1S/C16H19NO3S/c1-12-6-4-5-7-16(12)13(2)17-21(18,19)15-10-8-14(20-3)9-11-15/h4-11,13,17H,1-3H3. The molecule has 0 saturated carbocycles. The third kappa shape index (κ3) is 3.62. The van der Waals surface area contributed by atoms with Gasteiger partial charge in [-0.15, -0.1) is 0 Å². The molecule has 112 valence electrons. The molecule has 5 heteroatoms. The number of methoxy groups -OCH3 is 1. The van der Waals surface area contributed by atoms with Crippen LogP contribution in [0.25, 0.3) is 0 Å². The summed E-state index contributed by atoms with van der Waals surface area (Å²) in [6.07, 6.45) is 0. The van der Waals surface area contributed by atoms with Crippen LogP contribution in [-0.4, -0.2) is 15.5 Å². The van der Waals surface area contributed by atoms with Gasteiger partial charge in [0.25, 0.3) is 0 Å². The molecule has 0 saturated heterocycles. The number of aryl methyl sites for hydroxylation is 1. The van der Waals surface area contributed by atoms with Crippen molar-refractivity contribution in [2.24, 2.45) is 0 Å². The Bertz CT molecular complexity index is 709. The average Bonchev–Trinajstić information content (AvgIpc) is 2.47. The van der Waals surface area contributed by atoms with Crippen LogP contribution in [0.3, 0.4) is 0 Å². The summed E-state index contributed by atoms with van der Waals surface area (Å²) in [5.74, 6) is 0.626. The maximum atomic E-state index is 12.4. The van der Waals surface area contributed by atoms with Crippen LogP contribution in [-0.2, 0) is 10.0 Å². The molecule has 1 unspecified atom stereocenters. The summed E-state index contributed by atoms with van der Waals surface area (Å²) in [5, 5.41) is 0. The highest BCUT2D eigenvalue weighted by molar-refractivity contribution is 7.89. The monoisotopic (exact) mass is 305 g/mol. The number of benzene rings is 2. The lowest BCUT2D eigenvalue weighted by Gasteiger charge is -2.16. The summed E-state index contributed by atoms with van der Waals surface area (Å²) >= 11 is 0. The minimum atomic E-state index is -3.55. The Balaban J connectivity index is 2.22. The smallest absolute Gasteiger partial charge is 0.241 e. The lowest BCUT2D eigenvalue weighted by Crippen LogP contribution is -2.27. The van der Waals surface area contributed by atoms with Crippen LogP contribution in [0, 0.1) is 6.92 Å². The zero-order valence-electron chi connectivity index (χ0n) is 12.3. The van der Waals surface area contributed by atoms with E-state index in [0.29, 0.717) is 5.75 Å². The van der Waals surface area contributed by atoms with Gasteiger partial charge in [0.2, 0.25) is 10.0 Å². The van der Waals surface area contributed by atoms with Crippen molar-refractivity contribution in [1.29, 1.82) is 0 Å². The van der Waals surface area contributed by atoms with Crippen molar-refractivity contribution in [2.45, 2.75) is 24.8 Å². The highest BCUT2D eigenvalue weighted by Crippen LogP contribution is 2.21. The molecule has 1 atom stereocenters. The van der Waals surface area contributed by atoms with Crippen LogP contribution in [0.2, 0.25) is 0 Å². The molecule has 2 rings (SSSR count). The highest BCUT2D eigenvalue weighted by atomic mass is 32.2. The molecule has 0 heterocycles. The van der Waals surface area contributed by atoms with E-state index in [1.807, 2.05) is 38.1 Å². The summed E-state index contributed by atoms with van der Waals surface area (Å²) in [7, 11) is -2.01. The van der Waals surface area contributed by atoms with Crippen molar-refractivity contribution < 1.29 is 13.2 Å². The predicted octanol–water partition coefficient (Wildman–Crippen LogP) is 3.04. The molecule has 0 bridgehead atoms. The average molecular weight is 305 g/mol. The maximum absolute atomic E-state index is 12.4. The molecule has 1 N–H and O–H groups in total. The van der Waals surface area contributed by atoms with Crippen molar-refractivity contribution in [1.82, 2.24) is 4.72 Å². The van der Waals surface area contributed by atoms with Gasteiger partial charge in [0.15, 0.2) is 0 Å². The van der Waals surface area contributed by atoms with Gasteiger partial charge >= 0.3 is 0 Å². The molecule has 0 aliphatic rings. The van der Waals surface area contributed by atoms with Crippen molar-refractivity contribution >= 4 is 10.0 Å². The maximum Gasteiger partial charge on any atom is 0.241 e. The van der Waals surface area contributed by atoms with E-state index in [0.717, 1.165) is 11.1 Å². The second-order valence-electron chi connectivity index (χ2n) is 4.88. The van der Waals surface area contributed by atoms with Crippen molar-refractivity contribution in [3.8, 4) is 5.75 Å². The Morgan fingerprint density at radius 1 is 1.05 bits per heavy atom. The Morgan fingerprint density at radius 2 is 1.67 bits per heavy atom. The van der Waals surface area contributed by atoms with E-state index in [9.17, 15) is 8.42 Å². The van der Waals surface area contributed by atoms with Crippen molar-refractivity contribution in [2.75, 3.05) is 7.11 Å². The minimum Gasteiger partial charge on any atom is -0.497 e. The Labute approximate surface area is 125 Å². The molecule has 0 aliphatic heterocycles. The van der Waals surface area contributed by atoms with Crippen LogP contribution in [0.15, 0.2) is 53.4 Å². The van der Waals surface area contributed by atoms with E-state index >= 15 is 0 Å². The summed E-state index contributed by atoms with van der Waals surface area (Å²) in [6, 6.07) is 13.8. The molecule has 2 aromatic rings. The van der Waals surface area contributed by atoms with E-state index in [-0.39, 0.29) is 10.9 Å². The lowest BCUT2D eigenvalue weighted by molar-refractivity contribution is 0.414. The van der Waals surface area contributed by atoms with Crippen molar-refractivity contribution in [3.05, 3.63) is 59.7 Å². The Morgan fingerprint density at radius 3 is 2.24 bits per heavy atom. The number of sulfonamides is 1. The van der Waals surface area contributed by atoms with E-state index < -0.39 is 10.0 Å². The van der Waals surface area contributed by atoms with Gasteiger partial charge in [-0.05, 0) is 49.2 Å². The molecular formula is C16H19NO3S. The first-order chi connectivity index (χ1) is 9.94. The van der Waals surface area contributed by atoms with Crippen LogP contribution >= 0.6 is 0 Å². The molecule has 0 aliphatic carbocycles. The molecule has 0 fully saturated rings. The molecule has 0 radical (unpaired) electrons. The molecule has 21 heavy (non-hydrogen) atoms. The lowest BCUT2D eigenvalue weighted by atomic mass is 10.0. The highest BCUT2D eigenvalue weighted by Gasteiger charge is 2.19. The largest absolute Gasteiger partial charge is 0.497 e. The first-order valence-corrected chi connectivity index (χ1v) is 8.14. The fourth-order valence-corrected chi connectivity index (χ4v) is 3.41. The van der Waals surface area contributed by atoms with Gasteiger partial charge in [-0.25, -0.2) is 13.1 Å². The molecule has 2 aromatic carbocycles. The first kappa shape index (κ1) is 15.5. The predicted molar refractivity (Wildman–Crippen MR) is 82.9 cm³/mol. The molecule has 0 aromatic heterocycles. The van der Waals surface area contributed by atoms with Gasteiger partial charge in [0, 0.05) is 6.04 Å². The number of rotatable bonds is 5. The Kier molecular flexibility index (Phi) is 4.65. The molecule has 4 nitrogen and oxygen atoms in total. The summed E-state index contributed by atoms with van der Waals surface area (Å²) in [6.45, 7) is 3.80. The van der Waals surface area contributed by atoms with Gasteiger partial charge < -0.3 is 4.74 Å². The second-order valence-corrected chi connectivity index (χ2v) is 6.59. The van der Waals surface area contributed by atoms with Crippen LogP contribution in [0.4, 0.5) is 0 Å². The first-order valence-electron chi connectivity index (χ1n) is 6.66. The van der Waals surface area contributed by atoms with Gasteiger partial charge in [-0.3, -0.25) is 0 Å². The molecule has 0 spiro atoms. The third-order valence-corrected chi connectivity index (χ3v) is 4.91. The third-order valence-electron chi connectivity index (χ3n) is 3.36. The van der Waals surface area contributed by atoms with Crippen molar-refractivity contribution in [3.63, 3.8) is 0 Å². The second kappa shape index (κ2) is 6.28. The van der Waals surface area contributed by atoms with E-state index in [2.05, 4.69) is 4.72 Å². The zero-order valence-corrected chi connectivity index (χ0v) is 13.1. The molecular weight excluding hydrogens is 286 g/mol. The molecule has 0 amide bonds.